The van der Waals surface area contributed by atoms with Crippen LogP contribution in [0.5, 0.6) is 5.75 Å². The summed E-state index contributed by atoms with van der Waals surface area (Å²) in [7, 11) is 0. The molecule has 19 heavy (non-hydrogen) atoms. The van der Waals surface area contributed by atoms with Crippen LogP contribution in [0.15, 0.2) is 22.7 Å². The second kappa shape index (κ2) is 6.91. The van der Waals surface area contributed by atoms with Gasteiger partial charge in [-0.15, -0.1) is 0 Å². The summed E-state index contributed by atoms with van der Waals surface area (Å²) in [6.07, 6.45) is 2.05. The van der Waals surface area contributed by atoms with Crippen molar-refractivity contribution in [2.24, 2.45) is 0 Å². The van der Waals surface area contributed by atoms with Gasteiger partial charge in [-0.1, -0.05) is 0 Å². The zero-order valence-electron chi connectivity index (χ0n) is 10.9. The lowest BCUT2D eigenvalue weighted by atomic mass is 10.2. The van der Waals surface area contributed by atoms with Crippen LogP contribution >= 0.6 is 15.9 Å². The van der Waals surface area contributed by atoms with E-state index < -0.39 is 0 Å². The van der Waals surface area contributed by atoms with Gasteiger partial charge >= 0.3 is 5.97 Å². The normalized spacial score (nSPS) is 18.3. The fraction of sp³-hybridized carbons (Fsp3) is 0.500. The highest BCUT2D eigenvalue weighted by Crippen LogP contribution is 2.26. The molecule has 1 aliphatic rings. The Kier molecular flexibility index (Phi) is 5.22. The minimum absolute atomic E-state index is 0.0510. The smallest absolute Gasteiger partial charge is 0.338 e. The Labute approximate surface area is 121 Å². The number of rotatable bonds is 5. The van der Waals surface area contributed by atoms with Crippen LogP contribution in [0, 0.1) is 0 Å². The van der Waals surface area contributed by atoms with Crippen LogP contribution in [0.3, 0.4) is 0 Å². The SMILES string of the molecule is CCOc1ccc(C(=O)OCC2CCCO2)cc1Br. The minimum atomic E-state index is -0.334. The topological polar surface area (TPSA) is 44.8 Å². The van der Waals surface area contributed by atoms with E-state index in [-0.39, 0.29) is 12.1 Å². The zero-order valence-corrected chi connectivity index (χ0v) is 12.4. The van der Waals surface area contributed by atoms with Crippen LogP contribution < -0.4 is 4.74 Å². The van der Waals surface area contributed by atoms with E-state index in [4.69, 9.17) is 14.2 Å². The van der Waals surface area contributed by atoms with Gasteiger partial charge in [-0.2, -0.15) is 0 Å². The van der Waals surface area contributed by atoms with Gasteiger partial charge in [-0.05, 0) is 53.9 Å². The van der Waals surface area contributed by atoms with Gasteiger partial charge in [0.2, 0.25) is 0 Å². The van der Waals surface area contributed by atoms with Crippen molar-refractivity contribution in [2.45, 2.75) is 25.9 Å². The second-order valence-electron chi connectivity index (χ2n) is 4.31. The van der Waals surface area contributed by atoms with Gasteiger partial charge in [0.05, 0.1) is 22.7 Å². The van der Waals surface area contributed by atoms with Gasteiger partial charge in [0, 0.05) is 6.61 Å². The Hall–Kier alpha value is -1.07. The molecule has 1 aliphatic heterocycles. The fourth-order valence-electron chi connectivity index (χ4n) is 1.93. The van der Waals surface area contributed by atoms with Crippen molar-refractivity contribution in [1.82, 2.24) is 0 Å². The fourth-order valence-corrected chi connectivity index (χ4v) is 2.42. The third kappa shape index (κ3) is 3.94. The highest BCUT2D eigenvalue weighted by Gasteiger charge is 2.18. The Balaban J connectivity index is 1.92. The number of hydrogen-bond donors (Lipinski definition) is 0. The number of carbonyl (C=O) groups excluding carboxylic acids is 1. The van der Waals surface area contributed by atoms with Gasteiger partial charge in [0.25, 0.3) is 0 Å². The van der Waals surface area contributed by atoms with Gasteiger partial charge in [0.1, 0.15) is 12.4 Å². The molecule has 1 aromatic carbocycles. The summed E-state index contributed by atoms with van der Waals surface area (Å²) >= 11 is 3.38. The first-order valence-electron chi connectivity index (χ1n) is 6.41. The lowest BCUT2D eigenvalue weighted by Crippen LogP contribution is -2.17. The van der Waals surface area contributed by atoms with E-state index in [1.54, 1.807) is 18.2 Å². The molecule has 0 aliphatic carbocycles. The number of benzene rings is 1. The Morgan fingerprint density at radius 2 is 2.37 bits per heavy atom. The lowest BCUT2D eigenvalue weighted by Gasteiger charge is -2.11. The maximum Gasteiger partial charge on any atom is 0.338 e. The third-order valence-corrected chi connectivity index (χ3v) is 3.51. The number of hydrogen-bond acceptors (Lipinski definition) is 4. The molecule has 0 spiro atoms. The van der Waals surface area contributed by atoms with Gasteiger partial charge in [0.15, 0.2) is 0 Å². The minimum Gasteiger partial charge on any atom is -0.493 e. The molecule has 0 aromatic heterocycles. The Bertz CT molecular complexity index is 441. The van der Waals surface area contributed by atoms with Crippen molar-refractivity contribution in [3.63, 3.8) is 0 Å². The molecule has 1 heterocycles. The molecule has 4 nitrogen and oxygen atoms in total. The average molecular weight is 329 g/mol. The number of halogens is 1. The number of esters is 1. The summed E-state index contributed by atoms with van der Waals surface area (Å²) in [4.78, 5) is 11.9. The summed E-state index contributed by atoms with van der Waals surface area (Å²) in [6.45, 7) is 3.58. The molecule has 0 saturated carbocycles. The van der Waals surface area contributed by atoms with E-state index >= 15 is 0 Å². The Morgan fingerprint density at radius 1 is 1.53 bits per heavy atom. The monoisotopic (exact) mass is 328 g/mol. The van der Waals surface area contributed by atoms with E-state index in [1.807, 2.05) is 6.92 Å². The molecule has 5 heteroatoms. The molecule has 0 bridgehead atoms. The molecule has 1 aromatic rings. The predicted octanol–water partition coefficient (Wildman–Crippen LogP) is 3.18. The summed E-state index contributed by atoms with van der Waals surface area (Å²) in [5.41, 5.74) is 0.508. The molecule has 1 atom stereocenters. The van der Waals surface area contributed by atoms with Crippen molar-refractivity contribution in [1.29, 1.82) is 0 Å². The van der Waals surface area contributed by atoms with E-state index in [1.165, 1.54) is 0 Å². The number of ether oxygens (including phenoxy) is 3. The van der Waals surface area contributed by atoms with E-state index in [2.05, 4.69) is 15.9 Å². The highest BCUT2D eigenvalue weighted by molar-refractivity contribution is 9.10. The molecule has 1 unspecified atom stereocenters. The van der Waals surface area contributed by atoms with Crippen molar-refractivity contribution in [3.8, 4) is 5.75 Å². The first kappa shape index (κ1) is 14.3. The maximum absolute atomic E-state index is 11.9. The quantitative estimate of drug-likeness (QED) is 0.779. The largest absolute Gasteiger partial charge is 0.493 e. The molecule has 0 N–H and O–H groups in total. The first-order valence-corrected chi connectivity index (χ1v) is 7.21. The molecule has 1 saturated heterocycles. The lowest BCUT2D eigenvalue weighted by molar-refractivity contribution is 0.0161. The molecule has 0 radical (unpaired) electrons. The van der Waals surface area contributed by atoms with Gasteiger partial charge in [-0.25, -0.2) is 4.79 Å². The average Bonchev–Trinajstić information content (AvgIpc) is 2.91. The standard InChI is InChI=1S/C14H17BrO4/c1-2-17-13-6-5-10(8-12(13)15)14(16)19-9-11-4-3-7-18-11/h5-6,8,11H,2-4,7,9H2,1H3. The van der Waals surface area contributed by atoms with Gasteiger partial charge < -0.3 is 14.2 Å². The summed E-state index contributed by atoms with van der Waals surface area (Å²) < 4.78 is 16.8. The van der Waals surface area contributed by atoms with Crippen LogP contribution in [-0.2, 0) is 9.47 Å². The van der Waals surface area contributed by atoms with Crippen molar-refractivity contribution in [3.05, 3.63) is 28.2 Å². The van der Waals surface area contributed by atoms with Crippen LogP contribution in [0.4, 0.5) is 0 Å². The Morgan fingerprint density at radius 3 is 3.00 bits per heavy atom. The predicted molar refractivity (Wildman–Crippen MR) is 74.6 cm³/mol. The van der Waals surface area contributed by atoms with Crippen LogP contribution in [0.25, 0.3) is 0 Å². The molecule has 1 fully saturated rings. The van der Waals surface area contributed by atoms with Gasteiger partial charge in [-0.3, -0.25) is 0 Å². The molecule has 0 amide bonds. The summed E-state index contributed by atoms with van der Waals surface area (Å²) in [5.74, 6) is 0.387. The third-order valence-electron chi connectivity index (χ3n) is 2.89. The molecular weight excluding hydrogens is 312 g/mol. The van der Waals surface area contributed by atoms with Crippen LogP contribution in [0.1, 0.15) is 30.1 Å². The summed E-state index contributed by atoms with van der Waals surface area (Å²) in [6, 6.07) is 5.17. The first-order chi connectivity index (χ1) is 9.20. The van der Waals surface area contributed by atoms with Crippen LogP contribution in [0.2, 0.25) is 0 Å². The highest BCUT2D eigenvalue weighted by atomic mass is 79.9. The maximum atomic E-state index is 11.9. The van der Waals surface area contributed by atoms with Crippen molar-refractivity contribution < 1.29 is 19.0 Å². The van der Waals surface area contributed by atoms with E-state index in [9.17, 15) is 4.79 Å². The zero-order chi connectivity index (χ0) is 13.7. The molecule has 2 rings (SSSR count). The van der Waals surface area contributed by atoms with Crippen molar-refractivity contribution >= 4 is 21.9 Å². The van der Waals surface area contributed by atoms with E-state index in [0.717, 1.165) is 29.7 Å². The van der Waals surface area contributed by atoms with Crippen molar-refractivity contribution in [2.75, 3.05) is 19.8 Å². The van der Waals surface area contributed by atoms with E-state index in [0.29, 0.717) is 18.8 Å². The summed E-state index contributed by atoms with van der Waals surface area (Å²) in [5, 5.41) is 0. The number of carbonyl (C=O) groups is 1. The molecular formula is C14H17BrO4. The second-order valence-corrected chi connectivity index (χ2v) is 5.17. The molecule has 104 valence electrons. The van der Waals surface area contributed by atoms with Crippen LogP contribution in [-0.4, -0.2) is 31.9 Å².